The van der Waals surface area contributed by atoms with Crippen LogP contribution in [0.3, 0.4) is 0 Å². The maximum Gasteiger partial charge on any atom is 0.481 e. The van der Waals surface area contributed by atoms with Gasteiger partial charge in [0.1, 0.15) is 6.10 Å². The average Bonchev–Trinajstić information content (AvgIpc) is 2.61. The van der Waals surface area contributed by atoms with Crippen molar-refractivity contribution in [1.82, 2.24) is 0 Å². The molecule has 5 atom stereocenters. The van der Waals surface area contributed by atoms with Crippen LogP contribution in [0.4, 0.5) is 0 Å². The van der Waals surface area contributed by atoms with Crippen molar-refractivity contribution in [3.8, 4) is 0 Å². The van der Waals surface area contributed by atoms with Crippen molar-refractivity contribution in [3.05, 3.63) is 0 Å². The van der Waals surface area contributed by atoms with Crippen LogP contribution in [0.1, 0.15) is 13.3 Å². The molecule has 0 aromatic heterocycles. The lowest BCUT2D eigenvalue weighted by Crippen LogP contribution is -2.26. The summed E-state index contributed by atoms with van der Waals surface area (Å²) in [5, 5.41) is 9.58. The molecule has 0 radical (unpaired) electrons. The summed E-state index contributed by atoms with van der Waals surface area (Å²) in [5.74, 6) is 0. The Morgan fingerprint density at radius 3 is 2.23 bits per heavy atom. The molecule has 1 aliphatic heterocycles. The van der Waals surface area contributed by atoms with E-state index in [1.807, 2.05) is 0 Å². The van der Waals surface area contributed by atoms with Gasteiger partial charge in [0.2, 0.25) is 0 Å². The van der Waals surface area contributed by atoms with Crippen molar-refractivity contribution in [2.75, 3.05) is 13.7 Å². The molecule has 0 saturated carbocycles. The predicted molar refractivity (Wildman–Crippen MR) is 62.9 cm³/mol. The van der Waals surface area contributed by atoms with Gasteiger partial charge in [-0.1, -0.05) is 0 Å². The van der Waals surface area contributed by atoms with Gasteiger partial charge in [-0.25, -0.2) is 8.88 Å². The lowest BCUT2D eigenvalue weighted by atomic mass is 10.1. The van der Waals surface area contributed by atoms with Crippen LogP contribution in [0.2, 0.25) is 0 Å². The molecule has 1 heterocycles. The van der Waals surface area contributed by atoms with Crippen LogP contribution in [-0.4, -0.2) is 37.1 Å². The molecular formula is C7H14O12P3-3. The highest BCUT2D eigenvalue weighted by Crippen LogP contribution is 2.64. The highest BCUT2D eigenvalue weighted by Gasteiger charge is 2.37. The molecule has 132 valence electrons. The Balaban J connectivity index is 2.66. The maximum atomic E-state index is 11.9. The zero-order valence-electron chi connectivity index (χ0n) is 11.4. The first-order valence-electron chi connectivity index (χ1n) is 5.75. The lowest BCUT2D eigenvalue weighted by Gasteiger charge is -2.35. The number of ether oxygens (including phenoxy) is 1. The summed E-state index contributed by atoms with van der Waals surface area (Å²) in [5.41, 5.74) is 0. The van der Waals surface area contributed by atoms with E-state index < -0.39 is 42.3 Å². The largest absolute Gasteiger partial charge is 0.790 e. The van der Waals surface area contributed by atoms with E-state index in [-0.39, 0.29) is 12.5 Å². The first kappa shape index (κ1) is 20.4. The second-order valence-electron chi connectivity index (χ2n) is 4.27. The van der Waals surface area contributed by atoms with Gasteiger partial charge in [-0.05, 0) is 6.92 Å². The molecule has 1 rings (SSSR count). The number of hydrogen-bond acceptors (Lipinski definition) is 12. The van der Waals surface area contributed by atoms with Gasteiger partial charge in [0.15, 0.2) is 0 Å². The summed E-state index contributed by atoms with van der Waals surface area (Å²) in [6.45, 7) is 1.10. The summed E-state index contributed by atoms with van der Waals surface area (Å²) in [6, 6.07) is 0. The van der Waals surface area contributed by atoms with Crippen molar-refractivity contribution >= 4 is 23.5 Å². The van der Waals surface area contributed by atoms with E-state index in [4.69, 9.17) is 4.74 Å². The molecule has 1 aliphatic rings. The van der Waals surface area contributed by atoms with Crippen LogP contribution >= 0.6 is 23.5 Å². The van der Waals surface area contributed by atoms with Gasteiger partial charge in [0.25, 0.3) is 7.82 Å². The molecule has 1 saturated heterocycles. The summed E-state index contributed by atoms with van der Waals surface area (Å²) < 4.78 is 54.3. The molecule has 5 unspecified atom stereocenters. The second kappa shape index (κ2) is 7.48. The van der Waals surface area contributed by atoms with Gasteiger partial charge in [-0.15, -0.1) is 0 Å². The minimum absolute atomic E-state index is 0.283. The van der Waals surface area contributed by atoms with Crippen LogP contribution in [-0.2, 0) is 36.1 Å². The minimum Gasteiger partial charge on any atom is -0.790 e. The van der Waals surface area contributed by atoms with Gasteiger partial charge < -0.3 is 29.1 Å². The van der Waals surface area contributed by atoms with E-state index in [0.717, 1.165) is 7.11 Å². The van der Waals surface area contributed by atoms with Crippen LogP contribution in [0.15, 0.2) is 0 Å². The van der Waals surface area contributed by atoms with E-state index in [1.165, 1.54) is 0 Å². The Labute approximate surface area is 125 Å². The number of phosphoric ester groups is 1. The molecule has 0 bridgehead atoms. The highest BCUT2D eigenvalue weighted by atomic mass is 31.3. The van der Waals surface area contributed by atoms with E-state index in [1.54, 1.807) is 6.92 Å². The van der Waals surface area contributed by atoms with Gasteiger partial charge in [0, 0.05) is 13.5 Å². The number of hydrogen-bond donors (Lipinski definition) is 1. The molecule has 0 aromatic rings. The fourth-order valence-corrected chi connectivity index (χ4v) is 4.86. The first-order valence-corrected chi connectivity index (χ1v) is 10.1. The van der Waals surface area contributed by atoms with Crippen molar-refractivity contribution in [2.45, 2.75) is 31.7 Å². The van der Waals surface area contributed by atoms with Crippen LogP contribution in [0.5, 0.6) is 0 Å². The van der Waals surface area contributed by atoms with Crippen LogP contribution in [0, 0.1) is 0 Å². The number of aliphatic hydroxyl groups excluding tert-OH is 1. The molecule has 1 fully saturated rings. The fraction of sp³-hybridized carbons (Fsp3) is 1.00. The average molecular weight is 383 g/mol. The molecule has 0 aliphatic carbocycles. The third kappa shape index (κ3) is 6.84. The lowest BCUT2D eigenvalue weighted by molar-refractivity contribution is -0.339. The first-order chi connectivity index (χ1) is 9.86. The number of rotatable bonds is 8. The third-order valence-electron chi connectivity index (χ3n) is 2.43. The molecule has 0 amide bonds. The summed E-state index contributed by atoms with van der Waals surface area (Å²) in [4.78, 5) is 31.6. The smallest absolute Gasteiger partial charge is 0.481 e. The SMILES string of the molecule is COP(=O)(OCC1OC(C)CC1O)OP(=O)([O-])OP(=O)([O-])[O-]. The standard InChI is InChI=1S/C7H17O12P3/c1-5-3-6(8)7(17-5)4-16-22(14,15-2)19-21(12,13)18-20(9,10)11/h5-8H,3-4H2,1-2H3,(H,12,13)(H2,9,10,11)/p-3. The zero-order valence-corrected chi connectivity index (χ0v) is 14.1. The molecule has 12 nitrogen and oxygen atoms in total. The Hall–Kier alpha value is 0.330. The van der Waals surface area contributed by atoms with E-state index in [2.05, 4.69) is 17.7 Å². The van der Waals surface area contributed by atoms with Gasteiger partial charge in [0.05, 0.1) is 26.6 Å². The zero-order chi connectivity index (χ0) is 17.2. The molecule has 22 heavy (non-hydrogen) atoms. The van der Waals surface area contributed by atoms with Gasteiger partial charge in [-0.2, -0.15) is 0 Å². The molecule has 15 heteroatoms. The second-order valence-corrected chi connectivity index (χ2v) is 8.88. The van der Waals surface area contributed by atoms with Crippen molar-refractivity contribution in [2.24, 2.45) is 0 Å². The van der Waals surface area contributed by atoms with E-state index in [0.29, 0.717) is 0 Å². The van der Waals surface area contributed by atoms with Crippen LogP contribution in [0.25, 0.3) is 0 Å². The highest BCUT2D eigenvalue weighted by molar-refractivity contribution is 7.65. The monoisotopic (exact) mass is 383 g/mol. The molecule has 1 N–H and O–H groups in total. The quantitative estimate of drug-likeness (QED) is 0.485. The Bertz CT molecular complexity index is 515. The topological polar surface area (TPSA) is 187 Å². The molecule has 0 spiro atoms. The summed E-state index contributed by atoms with van der Waals surface area (Å²) >= 11 is 0. The maximum absolute atomic E-state index is 11.9. The summed E-state index contributed by atoms with van der Waals surface area (Å²) in [7, 11) is -15.8. The predicted octanol–water partition coefficient (Wildman–Crippen LogP) is -1.37. The van der Waals surface area contributed by atoms with Crippen molar-refractivity contribution < 1.29 is 55.9 Å². The van der Waals surface area contributed by atoms with Gasteiger partial charge in [-0.3, -0.25) is 17.9 Å². The van der Waals surface area contributed by atoms with Crippen LogP contribution < -0.4 is 14.7 Å². The Morgan fingerprint density at radius 1 is 1.23 bits per heavy atom. The Kier molecular flexibility index (Phi) is 6.93. The number of phosphoric acid groups is 3. The van der Waals surface area contributed by atoms with E-state index >= 15 is 0 Å². The Morgan fingerprint density at radius 2 is 1.82 bits per heavy atom. The third-order valence-corrected chi connectivity index (χ3v) is 6.54. The number of aliphatic hydroxyl groups is 1. The normalized spacial score (nSPS) is 31.6. The fourth-order valence-electron chi connectivity index (χ4n) is 1.62. The molecular weight excluding hydrogens is 369 g/mol. The minimum atomic E-state index is -5.94. The van der Waals surface area contributed by atoms with E-state index in [9.17, 15) is 33.5 Å². The van der Waals surface area contributed by atoms with Crippen molar-refractivity contribution in [3.63, 3.8) is 0 Å². The molecule has 0 aromatic carbocycles. The van der Waals surface area contributed by atoms with Crippen molar-refractivity contribution in [1.29, 1.82) is 0 Å². The summed E-state index contributed by atoms with van der Waals surface area (Å²) in [6.07, 6.45) is -1.88. The van der Waals surface area contributed by atoms with Gasteiger partial charge >= 0.3 is 7.82 Å².